The van der Waals surface area contributed by atoms with Crippen molar-refractivity contribution in [2.75, 3.05) is 13.7 Å². The summed E-state index contributed by atoms with van der Waals surface area (Å²) in [5, 5.41) is 3.48. The monoisotopic (exact) mass is 346 g/mol. The first-order valence-corrected chi connectivity index (χ1v) is 6.87. The van der Waals surface area contributed by atoms with E-state index in [-0.39, 0.29) is 12.4 Å². The molecule has 0 bridgehead atoms. The fourth-order valence-corrected chi connectivity index (χ4v) is 2.31. The first-order valence-electron chi connectivity index (χ1n) is 6.08. The summed E-state index contributed by atoms with van der Waals surface area (Å²) in [4.78, 5) is 0. The largest absolute Gasteiger partial charge is 1.00 e. The lowest BCUT2D eigenvalue weighted by Crippen LogP contribution is -3.00. The number of ether oxygens (including phenoxy) is 2. The van der Waals surface area contributed by atoms with Crippen LogP contribution in [0.25, 0.3) is 0 Å². The van der Waals surface area contributed by atoms with E-state index in [1.165, 1.54) is 18.4 Å². The van der Waals surface area contributed by atoms with Gasteiger partial charge < -0.3 is 27.2 Å². The van der Waals surface area contributed by atoms with Gasteiger partial charge in [0.25, 0.3) is 0 Å². The Labute approximate surface area is 128 Å². The van der Waals surface area contributed by atoms with Crippen molar-refractivity contribution in [2.24, 2.45) is 0 Å². The lowest BCUT2D eigenvalue weighted by Gasteiger charge is -2.13. The van der Waals surface area contributed by atoms with Gasteiger partial charge in [-0.15, -0.1) is 0 Å². The molecule has 0 heterocycles. The molecule has 0 saturated heterocycles. The van der Waals surface area contributed by atoms with Crippen molar-refractivity contribution < 1.29 is 21.9 Å². The topological polar surface area (TPSA) is 30.5 Å². The molecule has 106 valence electrons. The molecule has 1 aromatic carbocycles. The SMILES string of the molecule is C=CCOc1c(Br)cc(CNC2CC2)cc1OC.[Cl-]. The van der Waals surface area contributed by atoms with E-state index in [4.69, 9.17) is 9.47 Å². The van der Waals surface area contributed by atoms with Gasteiger partial charge in [-0.2, -0.15) is 0 Å². The number of hydrogen-bond donors (Lipinski definition) is 1. The van der Waals surface area contributed by atoms with Crippen LogP contribution >= 0.6 is 15.9 Å². The summed E-state index contributed by atoms with van der Waals surface area (Å²) < 4.78 is 11.9. The third-order valence-corrected chi connectivity index (χ3v) is 3.40. The molecule has 1 fully saturated rings. The van der Waals surface area contributed by atoms with Crippen molar-refractivity contribution in [2.45, 2.75) is 25.4 Å². The highest BCUT2D eigenvalue weighted by molar-refractivity contribution is 9.10. The van der Waals surface area contributed by atoms with E-state index >= 15 is 0 Å². The van der Waals surface area contributed by atoms with Crippen LogP contribution in [0.2, 0.25) is 0 Å². The Bertz CT molecular complexity index is 436. The smallest absolute Gasteiger partial charge is 0.175 e. The Morgan fingerprint density at radius 3 is 2.79 bits per heavy atom. The van der Waals surface area contributed by atoms with Crippen LogP contribution in [0.4, 0.5) is 0 Å². The van der Waals surface area contributed by atoms with Gasteiger partial charge >= 0.3 is 0 Å². The molecule has 1 N–H and O–H groups in total. The van der Waals surface area contributed by atoms with Gasteiger partial charge in [0.05, 0.1) is 11.6 Å². The zero-order valence-electron chi connectivity index (χ0n) is 10.9. The molecule has 0 unspecified atom stereocenters. The molecule has 1 aliphatic rings. The van der Waals surface area contributed by atoms with Crippen LogP contribution in [0.3, 0.4) is 0 Å². The molecule has 1 saturated carbocycles. The molecular formula is C14H18BrClNO2-. The number of nitrogens with one attached hydrogen (secondary N) is 1. The second kappa shape index (κ2) is 7.78. The van der Waals surface area contributed by atoms with Gasteiger partial charge in [-0.1, -0.05) is 12.7 Å². The summed E-state index contributed by atoms with van der Waals surface area (Å²) in [6, 6.07) is 4.78. The van der Waals surface area contributed by atoms with E-state index in [1.54, 1.807) is 13.2 Å². The minimum absolute atomic E-state index is 0. The van der Waals surface area contributed by atoms with Crippen LogP contribution in [0.5, 0.6) is 11.5 Å². The van der Waals surface area contributed by atoms with Gasteiger partial charge in [-0.25, -0.2) is 0 Å². The minimum Gasteiger partial charge on any atom is -1.00 e. The maximum atomic E-state index is 5.59. The van der Waals surface area contributed by atoms with Crippen LogP contribution in [-0.4, -0.2) is 19.8 Å². The highest BCUT2D eigenvalue weighted by atomic mass is 79.9. The van der Waals surface area contributed by atoms with Crippen LogP contribution in [-0.2, 0) is 6.54 Å². The van der Waals surface area contributed by atoms with Gasteiger partial charge in [0.1, 0.15) is 6.61 Å². The first-order chi connectivity index (χ1) is 8.74. The Morgan fingerprint density at radius 1 is 1.47 bits per heavy atom. The van der Waals surface area contributed by atoms with Crippen molar-refractivity contribution in [1.29, 1.82) is 0 Å². The molecular weight excluding hydrogens is 330 g/mol. The fourth-order valence-electron chi connectivity index (χ4n) is 1.71. The van der Waals surface area contributed by atoms with E-state index in [9.17, 15) is 0 Å². The molecule has 0 amide bonds. The first kappa shape index (κ1) is 16.3. The summed E-state index contributed by atoms with van der Waals surface area (Å²) in [7, 11) is 1.65. The third-order valence-electron chi connectivity index (χ3n) is 2.81. The second-order valence-corrected chi connectivity index (χ2v) is 5.22. The van der Waals surface area contributed by atoms with Crippen molar-refractivity contribution >= 4 is 15.9 Å². The predicted octanol–water partition coefficient (Wildman–Crippen LogP) is 0.278. The molecule has 0 atom stereocenters. The highest BCUT2D eigenvalue weighted by Crippen LogP contribution is 2.36. The quantitative estimate of drug-likeness (QED) is 0.719. The predicted molar refractivity (Wildman–Crippen MR) is 76.2 cm³/mol. The van der Waals surface area contributed by atoms with Gasteiger partial charge in [-0.3, -0.25) is 0 Å². The normalized spacial score (nSPS) is 13.6. The summed E-state index contributed by atoms with van der Waals surface area (Å²) in [6.07, 6.45) is 4.30. The lowest BCUT2D eigenvalue weighted by atomic mass is 10.2. The number of rotatable bonds is 7. The summed E-state index contributed by atoms with van der Waals surface area (Å²) in [5.74, 6) is 1.48. The molecule has 1 aromatic rings. The van der Waals surface area contributed by atoms with Gasteiger partial charge in [0.2, 0.25) is 0 Å². The standard InChI is InChI=1S/C14H18BrNO2.ClH/c1-3-6-18-14-12(15)7-10(8-13(14)17-2)9-16-11-4-5-11;/h3,7-8,11,16H,1,4-6,9H2,2H3;1H/p-1. The molecule has 1 aliphatic carbocycles. The Morgan fingerprint density at radius 2 is 2.21 bits per heavy atom. The molecule has 0 spiro atoms. The molecule has 19 heavy (non-hydrogen) atoms. The Kier molecular flexibility index (Phi) is 6.69. The van der Waals surface area contributed by atoms with Crippen LogP contribution in [0.15, 0.2) is 29.3 Å². The molecule has 5 heteroatoms. The van der Waals surface area contributed by atoms with Crippen molar-refractivity contribution in [3.63, 3.8) is 0 Å². The molecule has 2 rings (SSSR count). The van der Waals surface area contributed by atoms with Crippen molar-refractivity contribution in [3.05, 3.63) is 34.8 Å². The highest BCUT2D eigenvalue weighted by Gasteiger charge is 2.20. The molecule has 3 nitrogen and oxygen atoms in total. The van der Waals surface area contributed by atoms with E-state index in [1.807, 2.05) is 6.07 Å². The maximum absolute atomic E-state index is 5.59. The van der Waals surface area contributed by atoms with Crippen LogP contribution in [0.1, 0.15) is 18.4 Å². The number of hydrogen-bond acceptors (Lipinski definition) is 3. The average Bonchev–Trinajstić information content (AvgIpc) is 3.18. The van der Waals surface area contributed by atoms with Crippen molar-refractivity contribution in [1.82, 2.24) is 5.32 Å². The summed E-state index contributed by atoms with van der Waals surface area (Å²) in [6.45, 7) is 4.97. The maximum Gasteiger partial charge on any atom is 0.175 e. The van der Waals surface area contributed by atoms with Gasteiger partial charge in [0.15, 0.2) is 11.5 Å². The van der Waals surface area contributed by atoms with E-state index in [0.717, 1.165) is 22.5 Å². The Balaban J connectivity index is 0.00000180. The van der Waals surface area contributed by atoms with E-state index in [2.05, 4.69) is 33.9 Å². The molecule has 0 aromatic heterocycles. The van der Waals surface area contributed by atoms with Crippen LogP contribution < -0.4 is 27.2 Å². The zero-order valence-corrected chi connectivity index (χ0v) is 13.3. The fraction of sp³-hybridized carbons (Fsp3) is 0.429. The summed E-state index contributed by atoms with van der Waals surface area (Å²) in [5.41, 5.74) is 1.19. The molecule has 0 aliphatic heterocycles. The molecule has 0 radical (unpaired) electrons. The van der Waals surface area contributed by atoms with Gasteiger partial charge in [0, 0.05) is 12.6 Å². The van der Waals surface area contributed by atoms with E-state index < -0.39 is 0 Å². The van der Waals surface area contributed by atoms with Crippen LogP contribution in [0, 0.1) is 0 Å². The van der Waals surface area contributed by atoms with E-state index in [0.29, 0.717) is 12.6 Å². The zero-order chi connectivity index (χ0) is 13.0. The third kappa shape index (κ3) is 4.71. The minimum atomic E-state index is 0. The van der Waals surface area contributed by atoms with Gasteiger partial charge in [-0.05, 0) is 46.5 Å². The number of halogens is 2. The second-order valence-electron chi connectivity index (χ2n) is 4.36. The Hall–Kier alpha value is -0.710. The number of benzene rings is 1. The van der Waals surface area contributed by atoms with Crippen molar-refractivity contribution in [3.8, 4) is 11.5 Å². The summed E-state index contributed by atoms with van der Waals surface area (Å²) >= 11 is 3.52. The number of methoxy groups -OCH3 is 1. The lowest BCUT2D eigenvalue weighted by molar-refractivity contribution is -0.00000423. The average molecular weight is 348 g/mol.